The molecular weight excluding hydrogens is 642 g/mol. The Balaban J connectivity index is 1.26. The van der Waals surface area contributed by atoms with Crippen LogP contribution >= 0.6 is 0 Å². The smallest absolute Gasteiger partial charge is 0.309 e. The predicted octanol–water partition coefficient (Wildman–Crippen LogP) is 7.63. The van der Waals surface area contributed by atoms with Gasteiger partial charge in [0, 0.05) is 29.8 Å². The van der Waals surface area contributed by atoms with Gasteiger partial charge in [0.15, 0.2) is 5.78 Å². The fourth-order valence-corrected chi connectivity index (χ4v) is 13.7. The van der Waals surface area contributed by atoms with Crippen LogP contribution < -0.4 is 5.32 Å². The molecule has 8 heteroatoms. The van der Waals surface area contributed by atoms with Gasteiger partial charge in [-0.2, -0.15) is 0 Å². The van der Waals surface area contributed by atoms with Gasteiger partial charge in [0.1, 0.15) is 6.10 Å². The molecule has 8 nitrogen and oxygen atoms in total. The van der Waals surface area contributed by atoms with E-state index in [0.29, 0.717) is 30.8 Å². The van der Waals surface area contributed by atoms with E-state index in [0.717, 1.165) is 82.6 Å². The Kier molecular flexibility index (Phi) is 10.1. The maximum atomic E-state index is 14.0. The average Bonchev–Trinajstić information content (AvgIpc) is 3.35. The van der Waals surface area contributed by atoms with Crippen molar-refractivity contribution in [1.82, 2.24) is 5.32 Å². The number of rotatable bonds is 9. The summed E-state index contributed by atoms with van der Waals surface area (Å²) in [7, 11) is 0. The van der Waals surface area contributed by atoms with Crippen molar-refractivity contribution >= 4 is 17.7 Å². The molecule has 0 aromatic heterocycles. The van der Waals surface area contributed by atoms with Crippen LogP contribution in [0.1, 0.15) is 152 Å². The van der Waals surface area contributed by atoms with E-state index in [1.54, 1.807) is 13.8 Å². The molecule has 5 fully saturated rings. The lowest BCUT2D eigenvalue weighted by Crippen LogP contribution is -2.66. The summed E-state index contributed by atoms with van der Waals surface area (Å²) in [6, 6.07) is 0.298. The minimum absolute atomic E-state index is 0.00395. The van der Waals surface area contributed by atoms with E-state index in [-0.39, 0.29) is 57.9 Å². The molecule has 6 aliphatic carbocycles. The zero-order valence-electron chi connectivity index (χ0n) is 33.2. The Morgan fingerprint density at radius 2 is 1.55 bits per heavy atom. The second kappa shape index (κ2) is 13.2. The molecule has 0 aromatic carbocycles. The van der Waals surface area contributed by atoms with Crippen LogP contribution in [0.25, 0.3) is 0 Å². The molecule has 9 atom stereocenters. The van der Waals surface area contributed by atoms with E-state index in [4.69, 9.17) is 4.74 Å². The normalized spacial score (nSPS) is 42.8. The van der Waals surface area contributed by atoms with Crippen LogP contribution in [0.3, 0.4) is 0 Å². The number of hydrogen-bond acceptors (Lipinski definition) is 7. The zero-order valence-corrected chi connectivity index (χ0v) is 33.2. The lowest BCUT2D eigenvalue weighted by molar-refractivity contribution is -0.235. The highest BCUT2D eigenvalue weighted by Crippen LogP contribution is 2.77. The molecule has 0 aliphatic heterocycles. The first kappa shape index (κ1) is 38.9. The predicted molar refractivity (Wildman–Crippen MR) is 198 cm³/mol. The summed E-state index contributed by atoms with van der Waals surface area (Å²) >= 11 is 0. The van der Waals surface area contributed by atoms with Crippen molar-refractivity contribution in [2.75, 3.05) is 6.54 Å². The molecule has 5 saturated carbocycles. The molecule has 288 valence electrons. The number of aliphatic hydroxyl groups is 2. The van der Waals surface area contributed by atoms with Crippen molar-refractivity contribution in [2.45, 2.75) is 177 Å². The van der Waals surface area contributed by atoms with Crippen LogP contribution in [0, 0.1) is 56.2 Å². The largest absolute Gasteiger partial charge is 0.481 e. The number of Topliss-reactive ketones (excluding diaryl/α,β-unsaturated/α-hetero) is 1. The number of carbonyl (C=O) groups is 3. The second-order valence-corrected chi connectivity index (χ2v) is 20.5. The Bertz CT molecular complexity index is 1420. The van der Waals surface area contributed by atoms with Gasteiger partial charge in [-0.1, -0.05) is 54.0 Å². The van der Waals surface area contributed by atoms with Gasteiger partial charge in [-0.05, 0) is 136 Å². The summed E-state index contributed by atoms with van der Waals surface area (Å²) in [5.41, 5.74) is 0.519. The molecule has 0 aromatic rings. The van der Waals surface area contributed by atoms with E-state index in [1.165, 1.54) is 5.57 Å². The monoisotopic (exact) mass is 712 g/mol. The number of carboxylic acid groups (broad SMARTS) is 1. The highest BCUT2D eigenvalue weighted by Gasteiger charge is 2.70. The molecule has 0 spiro atoms. The molecule has 0 unspecified atom stereocenters. The van der Waals surface area contributed by atoms with Crippen molar-refractivity contribution in [1.29, 1.82) is 0 Å². The van der Waals surface area contributed by atoms with E-state index in [9.17, 15) is 29.7 Å². The maximum absolute atomic E-state index is 14.0. The number of ketones is 1. The summed E-state index contributed by atoms with van der Waals surface area (Å²) < 4.78 is 6.16. The summed E-state index contributed by atoms with van der Waals surface area (Å²) in [6.07, 6.45) is 10.5. The Hall–Kier alpha value is -1.77. The first-order valence-corrected chi connectivity index (χ1v) is 20.4. The number of carbonyl (C=O) groups excluding carboxylic acids is 2. The number of allylic oxidation sites excluding steroid dienone is 1. The number of nitrogens with one attached hydrogen (secondary N) is 1. The third-order valence-electron chi connectivity index (χ3n) is 16.8. The summed E-state index contributed by atoms with van der Waals surface area (Å²) in [4.78, 5) is 38.8. The molecule has 0 heterocycles. The van der Waals surface area contributed by atoms with Crippen molar-refractivity contribution < 1.29 is 34.4 Å². The van der Waals surface area contributed by atoms with Crippen molar-refractivity contribution in [3.8, 4) is 0 Å². The Morgan fingerprint density at radius 1 is 0.882 bits per heavy atom. The summed E-state index contributed by atoms with van der Waals surface area (Å²) in [5, 5.41) is 35.5. The molecule has 0 bridgehead atoms. The molecule has 51 heavy (non-hydrogen) atoms. The van der Waals surface area contributed by atoms with Crippen LogP contribution in [0.4, 0.5) is 0 Å². The van der Waals surface area contributed by atoms with Gasteiger partial charge < -0.3 is 25.4 Å². The van der Waals surface area contributed by atoms with Gasteiger partial charge in [-0.15, -0.1) is 0 Å². The zero-order chi connectivity index (χ0) is 37.5. The topological polar surface area (TPSA) is 133 Å². The van der Waals surface area contributed by atoms with Gasteiger partial charge in [-0.25, -0.2) is 0 Å². The van der Waals surface area contributed by atoms with E-state index >= 15 is 0 Å². The minimum Gasteiger partial charge on any atom is -0.481 e. The van der Waals surface area contributed by atoms with E-state index < -0.39 is 28.9 Å². The van der Waals surface area contributed by atoms with Crippen LogP contribution in [-0.2, 0) is 19.1 Å². The van der Waals surface area contributed by atoms with Crippen LogP contribution in [0.5, 0.6) is 0 Å². The van der Waals surface area contributed by atoms with Crippen molar-refractivity contribution in [3.63, 3.8) is 0 Å². The lowest BCUT2D eigenvalue weighted by Gasteiger charge is -2.72. The quantitative estimate of drug-likeness (QED) is 0.180. The first-order chi connectivity index (χ1) is 23.6. The lowest BCUT2D eigenvalue weighted by atomic mass is 9.33. The standard InChI is InChI=1S/C43H69NO7/c1-25(2)35-29(46)22-43(32(47)24-44-26-10-12-27(45)13-11-26)21-20-41(8)28(36(35)43)14-15-31-40(7)18-17-33(51-34(48)23-38(3,4)37(49)50)39(5,6)30(40)16-19-42(31,41)9/h25-28,30-33,44-45,47H,10-24H2,1-9H3,(H,49,50)/t26-,27-,28-,30+,31-,32-,33+,40+,41-,42-,43+/m1/s1. The summed E-state index contributed by atoms with van der Waals surface area (Å²) in [5.74, 6) is 0.0855. The molecule has 0 amide bonds. The number of ether oxygens (including phenoxy) is 1. The van der Waals surface area contributed by atoms with Gasteiger partial charge in [0.25, 0.3) is 0 Å². The average molecular weight is 712 g/mol. The van der Waals surface area contributed by atoms with Gasteiger partial charge >= 0.3 is 11.9 Å². The Morgan fingerprint density at radius 3 is 2.18 bits per heavy atom. The fraction of sp³-hybridized carbons (Fsp3) is 0.884. The maximum Gasteiger partial charge on any atom is 0.309 e. The molecule has 6 aliphatic rings. The number of aliphatic hydroxyl groups excluding tert-OH is 2. The molecule has 0 radical (unpaired) electrons. The van der Waals surface area contributed by atoms with Gasteiger partial charge in [-0.3, -0.25) is 14.4 Å². The number of esters is 1. The molecular formula is C43H69NO7. The number of aliphatic carboxylic acids is 1. The Labute approximate surface area is 307 Å². The third-order valence-corrected chi connectivity index (χ3v) is 16.8. The first-order valence-electron chi connectivity index (χ1n) is 20.4. The molecule has 4 N–H and O–H groups in total. The van der Waals surface area contributed by atoms with Crippen LogP contribution in [0.15, 0.2) is 11.1 Å². The minimum atomic E-state index is -1.16. The van der Waals surface area contributed by atoms with Gasteiger partial charge in [0.2, 0.25) is 0 Å². The van der Waals surface area contributed by atoms with Crippen molar-refractivity contribution in [3.05, 3.63) is 11.1 Å². The SMILES string of the molecule is CC(C)C1=C2[C@H]3CC[C@@H]4[C@@]5(C)CC[C@H](OC(=O)CC(C)(C)C(=O)O)C(C)(C)[C@@H]5CC[C@@]4(C)[C@]3(C)CC[C@@]2([C@H](O)CN[C@H]2CC[C@H](O)CC2)CC1=O. The number of fused-ring (bicyclic) bond motifs is 7. The highest BCUT2D eigenvalue weighted by atomic mass is 16.5. The fourth-order valence-electron chi connectivity index (χ4n) is 13.7. The van der Waals surface area contributed by atoms with Crippen molar-refractivity contribution in [2.24, 2.45) is 56.2 Å². The third kappa shape index (κ3) is 6.08. The molecule has 0 saturated heterocycles. The highest BCUT2D eigenvalue weighted by molar-refractivity contribution is 6.00. The number of carboxylic acids is 1. The molecule has 6 rings (SSSR count). The van der Waals surface area contributed by atoms with Gasteiger partial charge in [0.05, 0.1) is 24.0 Å². The second-order valence-electron chi connectivity index (χ2n) is 20.5. The van der Waals surface area contributed by atoms with E-state index in [2.05, 4.69) is 53.8 Å². The van der Waals surface area contributed by atoms with Crippen LogP contribution in [0.2, 0.25) is 0 Å². The van der Waals surface area contributed by atoms with Crippen LogP contribution in [-0.4, -0.2) is 63.9 Å². The number of hydrogen-bond donors (Lipinski definition) is 4. The summed E-state index contributed by atoms with van der Waals surface area (Å²) in [6.45, 7) is 20.1. The van der Waals surface area contributed by atoms with E-state index in [1.807, 2.05) is 0 Å².